The predicted molar refractivity (Wildman–Crippen MR) is 73.8 cm³/mol. The molecule has 2 heterocycles. The molecule has 0 bridgehead atoms. The molecule has 1 aliphatic heterocycles. The van der Waals surface area contributed by atoms with Gasteiger partial charge in [0.05, 0.1) is 17.4 Å². The lowest BCUT2D eigenvalue weighted by molar-refractivity contribution is 0.623. The van der Waals surface area contributed by atoms with Crippen LogP contribution in [0.4, 0.5) is 4.39 Å². The van der Waals surface area contributed by atoms with Crippen molar-refractivity contribution in [1.82, 2.24) is 15.6 Å². The van der Waals surface area contributed by atoms with Gasteiger partial charge in [-0.05, 0) is 17.7 Å². The molecule has 0 aliphatic carbocycles. The molecule has 0 saturated carbocycles. The Morgan fingerprint density at radius 3 is 2.84 bits per heavy atom. The summed E-state index contributed by atoms with van der Waals surface area (Å²) in [5.74, 6) is -0.284. The van der Waals surface area contributed by atoms with Crippen LogP contribution in [0.15, 0.2) is 42.9 Å². The second-order valence-electron chi connectivity index (χ2n) is 4.13. The Bertz CT molecular complexity index is 655. The van der Waals surface area contributed by atoms with Crippen molar-refractivity contribution in [2.75, 3.05) is 6.67 Å². The van der Waals surface area contributed by atoms with Crippen LogP contribution < -0.4 is 10.6 Å². The molecule has 1 aliphatic rings. The van der Waals surface area contributed by atoms with Crippen LogP contribution in [0.1, 0.15) is 5.56 Å². The minimum atomic E-state index is -0.284. The average molecular weight is 276 g/mol. The quantitative estimate of drug-likeness (QED) is 0.885. The number of hydrogen-bond donors (Lipinski definition) is 2. The topological polar surface area (TPSA) is 37.0 Å². The normalized spacial score (nSPS) is 13.7. The second-order valence-corrected chi connectivity index (χ2v) is 4.54. The van der Waals surface area contributed by atoms with E-state index >= 15 is 0 Å². The first-order valence-electron chi connectivity index (χ1n) is 5.83. The number of halogens is 2. The molecule has 0 spiro atoms. The maximum atomic E-state index is 14.2. The Balaban J connectivity index is 2.22. The van der Waals surface area contributed by atoms with E-state index in [-0.39, 0.29) is 5.82 Å². The SMILES string of the molecule is Fc1cccc(-c2ccncc2Cl)c1C1=CNCN1. The highest BCUT2D eigenvalue weighted by molar-refractivity contribution is 6.33. The van der Waals surface area contributed by atoms with Crippen LogP contribution in [0.3, 0.4) is 0 Å². The van der Waals surface area contributed by atoms with Gasteiger partial charge in [-0.25, -0.2) is 4.39 Å². The third-order valence-corrected chi connectivity index (χ3v) is 3.27. The zero-order chi connectivity index (χ0) is 13.2. The minimum absolute atomic E-state index is 0.284. The molecule has 0 saturated heterocycles. The van der Waals surface area contributed by atoms with Gasteiger partial charge in [0.15, 0.2) is 0 Å². The first kappa shape index (κ1) is 12.0. The number of rotatable bonds is 2. The Hall–Kier alpha value is -2.07. The summed E-state index contributed by atoms with van der Waals surface area (Å²) in [5, 5.41) is 6.60. The summed E-state index contributed by atoms with van der Waals surface area (Å²) in [5.41, 5.74) is 2.75. The largest absolute Gasteiger partial charge is 0.372 e. The molecular formula is C14H11ClFN3. The summed E-state index contributed by atoms with van der Waals surface area (Å²) in [6, 6.07) is 6.74. The lowest BCUT2D eigenvalue weighted by Gasteiger charge is -2.13. The van der Waals surface area contributed by atoms with Gasteiger partial charge < -0.3 is 10.6 Å². The van der Waals surface area contributed by atoms with Crippen molar-refractivity contribution in [3.05, 3.63) is 59.3 Å². The minimum Gasteiger partial charge on any atom is -0.372 e. The van der Waals surface area contributed by atoms with Crippen molar-refractivity contribution >= 4 is 17.3 Å². The van der Waals surface area contributed by atoms with Gasteiger partial charge in [-0.3, -0.25) is 4.98 Å². The summed E-state index contributed by atoms with van der Waals surface area (Å²) in [6.45, 7) is 0.590. The van der Waals surface area contributed by atoms with Gasteiger partial charge >= 0.3 is 0 Å². The molecule has 0 radical (unpaired) electrons. The molecule has 96 valence electrons. The van der Waals surface area contributed by atoms with Gasteiger partial charge in [-0.1, -0.05) is 23.7 Å². The average Bonchev–Trinajstić information content (AvgIpc) is 2.92. The number of hydrogen-bond acceptors (Lipinski definition) is 3. The molecular weight excluding hydrogens is 265 g/mol. The van der Waals surface area contributed by atoms with E-state index < -0.39 is 0 Å². The van der Waals surface area contributed by atoms with Crippen molar-refractivity contribution in [2.24, 2.45) is 0 Å². The van der Waals surface area contributed by atoms with Crippen LogP contribution in [0.25, 0.3) is 16.8 Å². The third-order valence-electron chi connectivity index (χ3n) is 2.97. The van der Waals surface area contributed by atoms with E-state index in [0.717, 1.165) is 16.8 Å². The highest BCUT2D eigenvalue weighted by Gasteiger charge is 2.17. The van der Waals surface area contributed by atoms with Crippen LogP contribution in [-0.2, 0) is 0 Å². The lowest BCUT2D eigenvalue weighted by atomic mass is 9.98. The van der Waals surface area contributed by atoms with E-state index in [2.05, 4.69) is 15.6 Å². The molecule has 2 aromatic rings. The maximum absolute atomic E-state index is 14.2. The number of pyridine rings is 1. The van der Waals surface area contributed by atoms with E-state index in [1.54, 1.807) is 30.7 Å². The standard InChI is InChI=1S/C14H11ClFN3/c15-11-6-17-5-4-9(11)10-2-1-3-12(16)14(10)13-7-18-8-19-13/h1-7,18-19H,8H2. The third kappa shape index (κ3) is 2.15. The molecule has 0 atom stereocenters. The van der Waals surface area contributed by atoms with E-state index in [4.69, 9.17) is 11.6 Å². The second kappa shape index (κ2) is 4.90. The van der Waals surface area contributed by atoms with Gasteiger partial charge in [0.1, 0.15) is 5.82 Å². The van der Waals surface area contributed by atoms with E-state index in [1.165, 1.54) is 6.07 Å². The van der Waals surface area contributed by atoms with Crippen molar-refractivity contribution in [3.63, 3.8) is 0 Å². The van der Waals surface area contributed by atoms with Gasteiger partial charge in [0, 0.05) is 29.7 Å². The van der Waals surface area contributed by atoms with Gasteiger partial charge in [0.25, 0.3) is 0 Å². The Morgan fingerprint density at radius 2 is 2.11 bits per heavy atom. The molecule has 2 N–H and O–H groups in total. The first-order valence-corrected chi connectivity index (χ1v) is 6.21. The fourth-order valence-electron chi connectivity index (χ4n) is 2.13. The molecule has 5 heteroatoms. The molecule has 3 rings (SSSR count). The predicted octanol–water partition coefficient (Wildman–Crippen LogP) is 2.99. The lowest BCUT2D eigenvalue weighted by Crippen LogP contribution is -2.14. The summed E-state index contributed by atoms with van der Waals surface area (Å²) in [7, 11) is 0. The van der Waals surface area contributed by atoms with Crippen LogP contribution >= 0.6 is 11.6 Å². The molecule has 3 nitrogen and oxygen atoms in total. The monoisotopic (exact) mass is 275 g/mol. The number of nitrogens with one attached hydrogen (secondary N) is 2. The van der Waals surface area contributed by atoms with Crippen molar-refractivity contribution in [2.45, 2.75) is 0 Å². The maximum Gasteiger partial charge on any atom is 0.133 e. The van der Waals surface area contributed by atoms with Crippen LogP contribution in [-0.4, -0.2) is 11.7 Å². The highest BCUT2D eigenvalue weighted by Crippen LogP contribution is 2.34. The fourth-order valence-corrected chi connectivity index (χ4v) is 2.35. The Morgan fingerprint density at radius 1 is 1.21 bits per heavy atom. The van der Waals surface area contributed by atoms with Crippen molar-refractivity contribution in [1.29, 1.82) is 0 Å². The van der Waals surface area contributed by atoms with Crippen LogP contribution in [0.2, 0.25) is 5.02 Å². The smallest absolute Gasteiger partial charge is 0.133 e. The first-order chi connectivity index (χ1) is 9.27. The molecule has 1 aromatic heterocycles. The Kier molecular flexibility index (Phi) is 3.09. The zero-order valence-electron chi connectivity index (χ0n) is 9.95. The number of aromatic nitrogens is 1. The van der Waals surface area contributed by atoms with Gasteiger partial charge in [0.2, 0.25) is 0 Å². The highest BCUT2D eigenvalue weighted by atomic mass is 35.5. The van der Waals surface area contributed by atoms with E-state index in [1.807, 2.05) is 6.07 Å². The summed E-state index contributed by atoms with van der Waals surface area (Å²) in [6.07, 6.45) is 4.96. The Labute approximate surface area is 115 Å². The fraction of sp³-hybridized carbons (Fsp3) is 0.0714. The molecule has 19 heavy (non-hydrogen) atoms. The van der Waals surface area contributed by atoms with E-state index in [0.29, 0.717) is 17.3 Å². The van der Waals surface area contributed by atoms with Crippen molar-refractivity contribution < 1.29 is 4.39 Å². The van der Waals surface area contributed by atoms with E-state index in [9.17, 15) is 4.39 Å². The van der Waals surface area contributed by atoms with Crippen LogP contribution in [0, 0.1) is 5.82 Å². The summed E-state index contributed by atoms with van der Waals surface area (Å²) < 4.78 is 14.2. The zero-order valence-corrected chi connectivity index (χ0v) is 10.7. The van der Waals surface area contributed by atoms with Crippen LogP contribution in [0.5, 0.6) is 0 Å². The molecule has 0 unspecified atom stereocenters. The van der Waals surface area contributed by atoms with Gasteiger partial charge in [-0.2, -0.15) is 0 Å². The van der Waals surface area contributed by atoms with Crippen molar-refractivity contribution in [3.8, 4) is 11.1 Å². The molecule has 1 aromatic carbocycles. The van der Waals surface area contributed by atoms with Gasteiger partial charge in [-0.15, -0.1) is 0 Å². The summed E-state index contributed by atoms with van der Waals surface area (Å²) in [4.78, 5) is 3.95. The number of nitrogens with zero attached hydrogens (tertiary/aromatic N) is 1. The molecule has 0 fully saturated rings. The number of benzene rings is 1. The molecule has 0 amide bonds. The summed E-state index contributed by atoms with van der Waals surface area (Å²) >= 11 is 6.15.